The minimum Gasteiger partial charge on any atom is -0.469 e. The molecule has 0 bridgehead atoms. The maximum absolute atomic E-state index is 6.14. The van der Waals surface area contributed by atoms with E-state index in [2.05, 4.69) is 4.98 Å². The maximum atomic E-state index is 6.14. The third kappa shape index (κ3) is 1.68. The maximum Gasteiger partial charge on any atom is 0.130 e. The van der Waals surface area contributed by atoms with Crippen molar-refractivity contribution < 1.29 is 4.42 Å². The van der Waals surface area contributed by atoms with Crippen molar-refractivity contribution in [2.24, 2.45) is 12.8 Å². The highest BCUT2D eigenvalue weighted by Crippen LogP contribution is 2.22. The van der Waals surface area contributed by atoms with Crippen LogP contribution >= 0.6 is 0 Å². The minimum atomic E-state index is -0.210. The van der Waals surface area contributed by atoms with Crippen LogP contribution in [0.5, 0.6) is 0 Å². The first-order valence-corrected chi connectivity index (χ1v) is 5.03. The highest BCUT2D eigenvalue weighted by molar-refractivity contribution is 5.26. The average Bonchev–Trinajstić information content (AvgIpc) is 2.84. The van der Waals surface area contributed by atoms with Gasteiger partial charge >= 0.3 is 0 Å². The van der Waals surface area contributed by atoms with Crippen LogP contribution in [0.2, 0.25) is 0 Å². The summed E-state index contributed by atoms with van der Waals surface area (Å²) in [5, 5.41) is 0. The molecule has 2 heterocycles. The molecule has 4 heteroatoms. The molecular formula is C11H15N3O. The lowest BCUT2D eigenvalue weighted by atomic mass is 10.1. The number of hydrogen-bond acceptors (Lipinski definition) is 3. The SMILES string of the molecule is CCc1occc1C(N)c1nccn1C. The average molecular weight is 205 g/mol. The first-order chi connectivity index (χ1) is 7.24. The van der Waals surface area contributed by atoms with Gasteiger partial charge in [-0.1, -0.05) is 6.92 Å². The van der Waals surface area contributed by atoms with E-state index in [0.29, 0.717) is 0 Å². The molecule has 0 aliphatic carbocycles. The lowest BCUT2D eigenvalue weighted by Crippen LogP contribution is -2.17. The van der Waals surface area contributed by atoms with Gasteiger partial charge in [0, 0.05) is 31.4 Å². The van der Waals surface area contributed by atoms with E-state index in [1.165, 1.54) is 0 Å². The Hall–Kier alpha value is -1.55. The van der Waals surface area contributed by atoms with Gasteiger partial charge in [-0.25, -0.2) is 4.98 Å². The number of rotatable bonds is 3. The van der Waals surface area contributed by atoms with Gasteiger partial charge in [0.15, 0.2) is 0 Å². The summed E-state index contributed by atoms with van der Waals surface area (Å²) >= 11 is 0. The predicted octanol–water partition coefficient (Wildman–Crippen LogP) is 1.62. The van der Waals surface area contributed by atoms with E-state index in [9.17, 15) is 0 Å². The van der Waals surface area contributed by atoms with Crippen molar-refractivity contribution in [3.63, 3.8) is 0 Å². The van der Waals surface area contributed by atoms with Gasteiger partial charge in [0.1, 0.15) is 11.6 Å². The topological polar surface area (TPSA) is 57.0 Å². The molecule has 1 atom stereocenters. The van der Waals surface area contributed by atoms with E-state index in [-0.39, 0.29) is 6.04 Å². The highest BCUT2D eigenvalue weighted by Gasteiger charge is 2.17. The number of nitrogens with two attached hydrogens (primary N) is 1. The molecule has 0 radical (unpaired) electrons. The Morgan fingerprint density at radius 3 is 3.00 bits per heavy atom. The largest absolute Gasteiger partial charge is 0.469 e. The molecule has 0 aromatic carbocycles. The Labute approximate surface area is 88.7 Å². The Bertz CT molecular complexity index is 444. The molecule has 0 fully saturated rings. The van der Waals surface area contributed by atoms with E-state index in [1.807, 2.05) is 30.8 Å². The van der Waals surface area contributed by atoms with E-state index < -0.39 is 0 Å². The van der Waals surface area contributed by atoms with E-state index in [1.54, 1.807) is 12.5 Å². The molecule has 2 aromatic heterocycles. The first kappa shape index (κ1) is 9.98. The molecule has 1 unspecified atom stereocenters. The van der Waals surface area contributed by atoms with Crippen LogP contribution in [0.15, 0.2) is 29.1 Å². The predicted molar refractivity (Wildman–Crippen MR) is 57.3 cm³/mol. The van der Waals surface area contributed by atoms with Gasteiger partial charge in [-0.15, -0.1) is 0 Å². The summed E-state index contributed by atoms with van der Waals surface area (Å²) in [7, 11) is 1.94. The molecule has 4 nitrogen and oxygen atoms in total. The zero-order chi connectivity index (χ0) is 10.8. The van der Waals surface area contributed by atoms with Gasteiger partial charge in [0.25, 0.3) is 0 Å². The second-order valence-corrected chi connectivity index (χ2v) is 3.53. The second-order valence-electron chi connectivity index (χ2n) is 3.53. The molecule has 15 heavy (non-hydrogen) atoms. The van der Waals surface area contributed by atoms with Gasteiger partial charge in [0.2, 0.25) is 0 Å². The summed E-state index contributed by atoms with van der Waals surface area (Å²) in [6, 6.07) is 1.71. The van der Waals surface area contributed by atoms with Crippen molar-refractivity contribution in [2.75, 3.05) is 0 Å². The highest BCUT2D eigenvalue weighted by atomic mass is 16.3. The van der Waals surface area contributed by atoms with Crippen molar-refractivity contribution in [2.45, 2.75) is 19.4 Å². The van der Waals surface area contributed by atoms with Crippen LogP contribution in [0.4, 0.5) is 0 Å². The molecule has 2 rings (SSSR count). The molecule has 0 amide bonds. The van der Waals surface area contributed by atoms with Crippen LogP contribution < -0.4 is 5.73 Å². The Morgan fingerprint density at radius 2 is 2.40 bits per heavy atom. The Kier molecular flexibility index (Phi) is 2.60. The van der Waals surface area contributed by atoms with Gasteiger partial charge in [0.05, 0.1) is 12.3 Å². The van der Waals surface area contributed by atoms with Crippen molar-refractivity contribution in [3.05, 3.63) is 41.9 Å². The van der Waals surface area contributed by atoms with Crippen molar-refractivity contribution in [1.29, 1.82) is 0 Å². The summed E-state index contributed by atoms with van der Waals surface area (Å²) in [5.41, 5.74) is 7.16. The summed E-state index contributed by atoms with van der Waals surface area (Å²) in [4.78, 5) is 4.24. The fraction of sp³-hybridized carbons (Fsp3) is 0.364. The first-order valence-electron chi connectivity index (χ1n) is 5.03. The summed E-state index contributed by atoms with van der Waals surface area (Å²) in [5.74, 6) is 1.79. The summed E-state index contributed by atoms with van der Waals surface area (Å²) in [6.07, 6.45) is 6.17. The number of imidazole rings is 1. The zero-order valence-corrected chi connectivity index (χ0v) is 8.97. The van der Waals surface area contributed by atoms with Gasteiger partial charge in [-0.2, -0.15) is 0 Å². The zero-order valence-electron chi connectivity index (χ0n) is 8.97. The van der Waals surface area contributed by atoms with Crippen molar-refractivity contribution >= 4 is 0 Å². The number of nitrogens with zero attached hydrogens (tertiary/aromatic N) is 2. The van der Waals surface area contributed by atoms with Gasteiger partial charge in [-0.3, -0.25) is 0 Å². The molecule has 2 aromatic rings. The third-order valence-corrected chi connectivity index (χ3v) is 2.57. The Balaban J connectivity index is 2.36. The lowest BCUT2D eigenvalue weighted by molar-refractivity contribution is 0.507. The van der Waals surface area contributed by atoms with Gasteiger partial charge in [-0.05, 0) is 6.07 Å². The Morgan fingerprint density at radius 1 is 1.60 bits per heavy atom. The molecule has 0 spiro atoms. The van der Waals surface area contributed by atoms with E-state index in [4.69, 9.17) is 10.2 Å². The third-order valence-electron chi connectivity index (χ3n) is 2.57. The van der Waals surface area contributed by atoms with Gasteiger partial charge < -0.3 is 14.7 Å². The fourth-order valence-electron chi connectivity index (χ4n) is 1.73. The molecule has 0 aliphatic rings. The standard InChI is InChI=1S/C11H15N3O/c1-3-9-8(4-7-15-9)10(12)11-13-5-6-14(11)2/h4-7,10H,3,12H2,1-2H3. The second kappa shape index (κ2) is 3.90. The van der Waals surface area contributed by atoms with Crippen LogP contribution in [-0.2, 0) is 13.5 Å². The molecular weight excluding hydrogens is 190 g/mol. The normalized spacial score (nSPS) is 13.0. The smallest absolute Gasteiger partial charge is 0.130 e. The molecule has 2 N–H and O–H groups in total. The van der Waals surface area contributed by atoms with Crippen LogP contribution in [-0.4, -0.2) is 9.55 Å². The van der Waals surface area contributed by atoms with Crippen LogP contribution in [0, 0.1) is 0 Å². The molecule has 80 valence electrons. The number of hydrogen-bond donors (Lipinski definition) is 1. The summed E-state index contributed by atoms with van der Waals surface area (Å²) < 4.78 is 7.28. The summed E-state index contributed by atoms with van der Waals surface area (Å²) in [6.45, 7) is 2.05. The van der Waals surface area contributed by atoms with Crippen molar-refractivity contribution in [3.8, 4) is 0 Å². The molecule has 0 saturated carbocycles. The van der Waals surface area contributed by atoms with Crippen LogP contribution in [0.3, 0.4) is 0 Å². The van der Waals surface area contributed by atoms with Crippen LogP contribution in [0.25, 0.3) is 0 Å². The quantitative estimate of drug-likeness (QED) is 0.828. The van der Waals surface area contributed by atoms with E-state index >= 15 is 0 Å². The van der Waals surface area contributed by atoms with Crippen LogP contribution in [0.1, 0.15) is 30.1 Å². The number of aryl methyl sites for hydroxylation is 2. The fourth-order valence-corrected chi connectivity index (χ4v) is 1.73. The minimum absolute atomic E-state index is 0.210. The molecule has 0 aliphatic heterocycles. The lowest BCUT2D eigenvalue weighted by Gasteiger charge is -2.11. The number of furan rings is 1. The number of aromatic nitrogens is 2. The van der Waals surface area contributed by atoms with E-state index in [0.717, 1.165) is 23.6 Å². The van der Waals surface area contributed by atoms with Crippen molar-refractivity contribution in [1.82, 2.24) is 9.55 Å². The molecule has 0 saturated heterocycles. The monoisotopic (exact) mass is 205 g/mol.